The molecular weight excluding hydrogens is 260 g/mol. The molecule has 2 rings (SSSR count). The third-order valence-corrected chi connectivity index (χ3v) is 3.65. The van der Waals surface area contributed by atoms with E-state index in [0.29, 0.717) is 5.02 Å². The van der Waals surface area contributed by atoms with E-state index in [2.05, 4.69) is 0 Å². The maximum Gasteiger partial charge on any atom is 0.121 e. The Hall–Kier alpha value is -1.51. The van der Waals surface area contributed by atoms with Crippen molar-refractivity contribution in [2.75, 3.05) is 7.11 Å². The van der Waals surface area contributed by atoms with Crippen LogP contribution in [0, 0.1) is 13.8 Å². The van der Waals surface area contributed by atoms with E-state index in [-0.39, 0.29) is 0 Å². The van der Waals surface area contributed by atoms with Gasteiger partial charge < -0.3 is 9.84 Å². The average molecular weight is 277 g/mol. The quantitative estimate of drug-likeness (QED) is 0.916. The van der Waals surface area contributed by atoms with Crippen LogP contribution < -0.4 is 4.74 Å². The maximum atomic E-state index is 10.4. The van der Waals surface area contributed by atoms with Crippen LogP contribution in [0.3, 0.4) is 0 Å². The highest BCUT2D eigenvalue weighted by Gasteiger charge is 2.13. The number of benzene rings is 2. The van der Waals surface area contributed by atoms with Gasteiger partial charge in [0.05, 0.1) is 7.11 Å². The van der Waals surface area contributed by atoms with E-state index in [4.69, 9.17) is 16.3 Å². The van der Waals surface area contributed by atoms with Gasteiger partial charge in [0.1, 0.15) is 11.9 Å². The van der Waals surface area contributed by atoms with Gasteiger partial charge in [-0.1, -0.05) is 29.8 Å². The average Bonchev–Trinajstić information content (AvgIpc) is 2.41. The molecule has 0 heterocycles. The Bertz CT molecular complexity index is 593. The molecule has 0 spiro atoms. The number of rotatable bonds is 3. The zero-order chi connectivity index (χ0) is 14.0. The summed E-state index contributed by atoms with van der Waals surface area (Å²) in [6.45, 7) is 3.90. The molecule has 0 saturated heterocycles. The van der Waals surface area contributed by atoms with Crippen molar-refractivity contribution in [3.05, 3.63) is 63.7 Å². The first-order valence-electron chi connectivity index (χ1n) is 6.11. The van der Waals surface area contributed by atoms with Crippen LogP contribution in [0.2, 0.25) is 5.02 Å². The number of aliphatic hydroxyl groups excluding tert-OH is 1. The first kappa shape index (κ1) is 13.9. The van der Waals surface area contributed by atoms with Crippen molar-refractivity contribution in [3.63, 3.8) is 0 Å². The predicted octanol–water partition coefficient (Wildman–Crippen LogP) is 4.05. The van der Waals surface area contributed by atoms with Gasteiger partial charge in [-0.2, -0.15) is 0 Å². The lowest BCUT2D eigenvalue weighted by molar-refractivity contribution is 0.220. The molecule has 0 aliphatic heterocycles. The molecule has 0 radical (unpaired) electrons. The van der Waals surface area contributed by atoms with Gasteiger partial charge in [0.25, 0.3) is 0 Å². The molecule has 0 fully saturated rings. The molecule has 3 heteroatoms. The maximum absolute atomic E-state index is 10.4. The molecule has 0 saturated carbocycles. The van der Waals surface area contributed by atoms with E-state index in [1.165, 1.54) is 0 Å². The van der Waals surface area contributed by atoms with Gasteiger partial charge in [0, 0.05) is 5.02 Å². The van der Waals surface area contributed by atoms with Crippen LogP contribution in [-0.4, -0.2) is 12.2 Å². The highest BCUT2D eigenvalue weighted by atomic mass is 35.5. The van der Waals surface area contributed by atoms with Gasteiger partial charge in [-0.15, -0.1) is 0 Å². The van der Waals surface area contributed by atoms with Crippen molar-refractivity contribution in [2.24, 2.45) is 0 Å². The molecule has 2 aromatic rings. The lowest BCUT2D eigenvalue weighted by atomic mass is 9.99. The number of hydrogen-bond donors (Lipinski definition) is 1. The van der Waals surface area contributed by atoms with Gasteiger partial charge in [0.15, 0.2) is 0 Å². The number of aryl methyl sites for hydroxylation is 2. The topological polar surface area (TPSA) is 29.5 Å². The van der Waals surface area contributed by atoms with Crippen LogP contribution >= 0.6 is 11.6 Å². The second kappa shape index (κ2) is 5.64. The summed E-state index contributed by atoms with van der Waals surface area (Å²) in [5, 5.41) is 11.1. The van der Waals surface area contributed by atoms with Crippen LogP contribution in [0.15, 0.2) is 36.4 Å². The molecule has 2 nitrogen and oxygen atoms in total. The molecule has 1 atom stereocenters. The number of ether oxygens (including phenoxy) is 1. The van der Waals surface area contributed by atoms with Crippen molar-refractivity contribution in [3.8, 4) is 5.75 Å². The SMILES string of the molecule is COc1ccc(C(O)c2ccc(C)c(Cl)c2)cc1C. The van der Waals surface area contributed by atoms with Crippen molar-refractivity contribution in [2.45, 2.75) is 20.0 Å². The molecule has 1 unspecified atom stereocenters. The van der Waals surface area contributed by atoms with E-state index in [9.17, 15) is 5.11 Å². The molecule has 19 heavy (non-hydrogen) atoms. The van der Waals surface area contributed by atoms with E-state index < -0.39 is 6.10 Å². The zero-order valence-electron chi connectivity index (χ0n) is 11.3. The van der Waals surface area contributed by atoms with Crippen LogP contribution in [0.5, 0.6) is 5.75 Å². The summed E-state index contributed by atoms with van der Waals surface area (Å²) in [7, 11) is 1.64. The molecule has 0 aromatic heterocycles. The third-order valence-electron chi connectivity index (χ3n) is 3.25. The largest absolute Gasteiger partial charge is 0.496 e. The van der Waals surface area contributed by atoms with Gasteiger partial charge in [-0.3, -0.25) is 0 Å². The minimum Gasteiger partial charge on any atom is -0.496 e. The standard InChI is InChI=1S/C16H17ClO2/c1-10-4-5-13(9-14(10)17)16(18)12-6-7-15(19-3)11(2)8-12/h4-9,16,18H,1-3H3. The molecule has 2 aromatic carbocycles. The minimum atomic E-state index is -0.678. The smallest absolute Gasteiger partial charge is 0.121 e. The van der Waals surface area contributed by atoms with Crippen molar-refractivity contribution in [1.29, 1.82) is 0 Å². The van der Waals surface area contributed by atoms with Gasteiger partial charge in [-0.25, -0.2) is 0 Å². The summed E-state index contributed by atoms with van der Waals surface area (Å²) in [6, 6.07) is 11.3. The van der Waals surface area contributed by atoms with Crippen LogP contribution in [0.1, 0.15) is 28.4 Å². The van der Waals surface area contributed by atoms with Crippen molar-refractivity contribution in [1.82, 2.24) is 0 Å². The summed E-state index contributed by atoms with van der Waals surface area (Å²) in [6.07, 6.45) is -0.678. The Morgan fingerprint density at radius 3 is 2.21 bits per heavy atom. The molecule has 0 aliphatic rings. The predicted molar refractivity (Wildman–Crippen MR) is 78.0 cm³/mol. The first-order chi connectivity index (χ1) is 9.02. The summed E-state index contributed by atoms with van der Waals surface area (Å²) >= 11 is 6.09. The fraction of sp³-hybridized carbons (Fsp3) is 0.250. The molecule has 100 valence electrons. The minimum absolute atomic E-state index is 0.668. The van der Waals surface area contributed by atoms with Crippen molar-refractivity contribution >= 4 is 11.6 Å². The number of halogens is 1. The molecule has 0 aliphatic carbocycles. The van der Waals surface area contributed by atoms with Gasteiger partial charge in [0.2, 0.25) is 0 Å². The van der Waals surface area contributed by atoms with Crippen LogP contribution in [0.4, 0.5) is 0 Å². The van der Waals surface area contributed by atoms with E-state index in [1.54, 1.807) is 13.2 Å². The molecule has 0 bridgehead atoms. The first-order valence-corrected chi connectivity index (χ1v) is 6.49. The van der Waals surface area contributed by atoms with Crippen molar-refractivity contribution < 1.29 is 9.84 Å². The highest BCUT2D eigenvalue weighted by Crippen LogP contribution is 2.28. The second-order valence-corrected chi connectivity index (χ2v) is 5.05. The lowest BCUT2D eigenvalue weighted by Crippen LogP contribution is -2.01. The molecule has 1 N–H and O–H groups in total. The Morgan fingerprint density at radius 2 is 1.63 bits per heavy atom. The number of hydrogen-bond acceptors (Lipinski definition) is 2. The van der Waals surface area contributed by atoms with Crippen LogP contribution in [0.25, 0.3) is 0 Å². The number of methoxy groups -OCH3 is 1. The number of aliphatic hydroxyl groups is 1. The van der Waals surface area contributed by atoms with E-state index in [1.807, 2.05) is 44.2 Å². The highest BCUT2D eigenvalue weighted by molar-refractivity contribution is 6.31. The monoisotopic (exact) mass is 276 g/mol. The summed E-state index contributed by atoms with van der Waals surface area (Å²) in [4.78, 5) is 0. The fourth-order valence-corrected chi connectivity index (χ4v) is 2.23. The summed E-state index contributed by atoms with van der Waals surface area (Å²) in [5.41, 5.74) is 3.62. The summed E-state index contributed by atoms with van der Waals surface area (Å²) < 4.78 is 5.22. The molecular formula is C16H17ClO2. The van der Waals surface area contributed by atoms with Gasteiger partial charge >= 0.3 is 0 Å². The van der Waals surface area contributed by atoms with E-state index >= 15 is 0 Å². The Balaban J connectivity index is 2.35. The summed E-state index contributed by atoms with van der Waals surface area (Å²) in [5.74, 6) is 0.817. The van der Waals surface area contributed by atoms with Gasteiger partial charge in [-0.05, 0) is 54.3 Å². The fourth-order valence-electron chi connectivity index (χ4n) is 2.04. The third kappa shape index (κ3) is 2.91. The Labute approximate surface area is 118 Å². The van der Waals surface area contributed by atoms with Crippen LogP contribution in [-0.2, 0) is 0 Å². The Kier molecular flexibility index (Phi) is 4.13. The normalized spacial score (nSPS) is 12.3. The Morgan fingerprint density at radius 1 is 1.00 bits per heavy atom. The second-order valence-electron chi connectivity index (χ2n) is 4.64. The molecule has 0 amide bonds. The zero-order valence-corrected chi connectivity index (χ0v) is 12.0. The van der Waals surface area contributed by atoms with E-state index in [0.717, 1.165) is 28.0 Å². The lowest BCUT2D eigenvalue weighted by Gasteiger charge is -2.14.